The maximum Gasteiger partial charge on any atom is 0.122 e. The van der Waals surface area contributed by atoms with Gasteiger partial charge in [-0.15, -0.1) is 0 Å². The molecule has 0 saturated heterocycles. The molecule has 2 atom stereocenters. The monoisotopic (exact) mass is 295 g/mol. The highest BCUT2D eigenvalue weighted by molar-refractivity contribution is 6.30. The van der Waals surface area contributed by atoms with Gasteiger partial charge in [-0.05, 0) is 61.9 Å². The highest BCUT2D eigenvalue weighted by Crippen LogP contribution is 2.32. The van der Waals surface area contributed by atoms with Crippen molar-refractivity contribution < 1.29 is 4.74 Å². The van der Waals surface area contributed by atoms with Crippen LogP contribution in [0.25, 0.3) is 0 Å². The van der Waals surface area contributed by atoms with E-state index in [2.05, 4.69) is 18.3 Å². The van der Waals surface area contributed by atoms with E-state index in [4.69, 9.17) is 16.3 Å². The molecule has 0 aromatic heterocycles. The Hall–Kier alpha value is -0.730. The predicted octanol–water partition coefficient (Wildman–Crippen LogP) is 4.45. The van der Waals surface area contributed by atoms with Crippen LogP contribution in [0.2, 0.25) is 5.02 Å². The Kier molecular flexibility index (Phi) is 6.18. The van der Waals surface area contributed by atoms with Crippen LogP contribution in [0.3, 0.4) is 0 Å². The summed E-state index contributed by atoms with van der Waals surface area (Å²) < 4.78 is 5.48. The van der Waals surface area contributed by atoms with Gasteiger partial charge in [-0.25, -0.2) is 0 Å². The number of halogens is 1. The summed E-state index contributed by atoms with van der Waals surface area (Å²) in [6.45, 7) is 3.35. The van der Waals surface area contributed by atoms with E-state index < -0.39 is 0 Å². The molecule has 1 saturated carbocycles. The second kappa shape index (κ2) is 7.90. The summed E-state index contributed by atoms with van der Waals surface area (Å²) in [4.78, 5) is 0. The van der Waals surface area contributed by atoms with Crippen molar-refractivity contribution in [2.24, 2.45) is 5.92 Å². The van der Waals surface area contributed by atoms with Crippen LogP contribution in [-0.2, 0) is 6.42 Å². The van der Waals surface area contributed by atoms with E-state index in [1.807, 2.05) is 12.1 Å². The first-order valence-electron chi connectivity index (χ1n) is 7.80. The number of nitrogens with one attached hydrogen (secondary N) is 1. The zero-order chi connectivity index (χ0) is 14.4. The summed E-state index contributed by atoms with van der Waals surface area (Å²) >= 11 is 6.14. The maximum atomic E-state index is 6.14. The lowest BCUT2D eigenvalue weighted by Gasteiger charge is -2.33. The second-order valence-corrected chi connectivity index (χ2v) is 6.20. The highest BCUT2D eigenvalue weighted by Gasteiger charge is 2.25. The summed E-state index contributed by atoms with van der Waals surface area (Å²) in [6, 6.07) is 6.59. The van der Waals surface area contributed by atoms with Crippen LogP contribution in [-0.4, -0.2) is 19.7 Å². The molecule has 0 spiro atoms. The number of rotatable bonds is 6. The minimum atomic E-state index is 0.646. The van der Waals surface area contributed by atoms with Gasteiger partial charge in [-0.1, -0.05) is 31.4 Å². The van der Waals surface area contributed by atoms with Gasteiger partial charge < -0.3 is 10.1 Å². The zero-order valence-corrected chi connectivity index (χ0v) is 13.4. The normalized spacial score (nSPS) is 22.8. The maximum absolute atomic E-state index is 6.14. The van der Waals surface area contributed by atoms with Gasteiger partial charge in [0.1, 0.15) is 5.75 Å². The molecule has 0 amide bonds. The van der Waals surface area contributed by atoms with Gasteiger partial charge in [0.05, 0.1) is 7.11 Å². The van der Waals surface area contributed by atoms with E-state index in [1.54, 1.807) is 7.11 Å². The van der Waals surface area contributed by atoms with Gasteiger partial charge in [-0.2, -0.15) is 0 Å². The van der Waals surface area contributed by atoms with Gasteiger partial charge in [0.25, 0.3) is 0 Å². The summed E-state index contributed by atoms with van der Waals surface area (Å²) in [7, 11) is 1.74. The first kappa shape index (κ1) is 15.7. The predicted molar refractivity (Wildman–Crippen MR) is 85.7 cm³/mol. The van der Waals surface area contributed by atoms with Crippen LogP contribution in [0.5, 0.6) is 5.75 Å². The molecule has 2 rings (SSSR count). The quantitative estimate of drug-likeness (QED) is 0.837. The second-order valence-electron chi connectivity index (χ2n) is 5.77. The molecule has 2 unspecified atom stereocenters. The summed E-state index contributed by atoms with van der Waals surface area (Å²) in [6.07, 6.45) is 7.56. The number of benzene rings is 1. The van der Waals surface area contributed by atoms with Crippen LogP contribution < -0.4 is 10.1 Å². The van der Waals surface area contributed by atoms with E-state index in [0.717, 1.165) is 23.7 Å². The third kappa shape index (κ3) is 4.13. The van der Waals surface area contributed by atoms with Crippen molar-refractivity contribution in [1.29, 1.82) is 0 Å². The summed E-state index contributed by atoms with van der Waals surface area (Å²) in [5.74, 6) is 1.66. The van der Waals surface area contributed by atoms with Crippen molar-refractivity contribution in [3.63, 3.8) is 0 Å². The zero-order valence-electron chi connectivity index (χ0n) is 12.6. The fourth-order valence-electron chi connectivity index (χ4n) is 3.24. The van der Waals surface area contributed by atoms with E-state index >= 15 is 0 Å². The van der Waals surface area contributed by atoms with E-state index in [0.29, 0.717) is 12.0 Å². The lowest BCUT2D eigenvalue weighted by atomic mass is 9.80. The Balaban J connectivity index is 2.07. The van der Waals surface area contributed by atoms with Gasteiger partial charge in [0, 0.05) is 11.1 Å². The Bertz CT molecular complexity index is 421. The van der Waals surface area contributed by atoms with E-state index in [9.17, 15) is 0 Å². The molecule has 0 radical (unpaired) electrons. The molecule has 1 aliphatic rings. The van der Waals surface area contributed by atoms with Gasteiger partial charge in [0.15, 0.2) is 0 Å². The smallest absolute Gasteiger partial charge is 0.122 e. The molecule has 112 valence electrons. The third-order valence-corrected chi connectivity index (χ3v) is 4.53. The van der Waals surface area contributed by atoms with Crippen LogP contribution in [0.1, 0.15) is 44.6 Å². The third-order valence-electron chi connectivity index (χ3n) is 4.29. The Labute approximate surface area is 127 Å². The molecule has 1 N–H and O–H groups in total. The summed E-state index contributed by atoms with van der Waals surface area (Å²) in [5, 5.41) is 4.52. The van der Waals surface area contributed by atoms with E-state index in [1.165, 1.54) is 37.7 Å². The molecule has 0 bridgehead atoms. The fraction of sp³-hybridized carbons (Fsp3) is 0.647. The van der Waals surface area contributed by atoms with Crippen molar-refractivity contribution in [2.45, 2.75) is 51.5 Å². The standard InChI is InChI=1S/C17H26ClNO/c1-3-10-19-16-7-5-4-6-13(16)11-14-12-15(18)8-9-17(14)20-2/h8-9,12-13,16,19H,3-7,10-11H2,1-2H3. The Morgan fingerprint density at radius 1 is 1.30 bits per heavy atom. The number of ether oxygens (including phenoxy) is 1. The first-order valence-corrected chi connectivity index (χ1v) is 8.18. The SMILES string of the molecule is CCCNC1CCCCC1Cc1cc(Cl)ccc1OC. The van der Waals surface area contributed by atoms with Crippen molar-refractivity contribution in [3.8, 4) is 5.75 Å². The largest absolute Gasteiger partial charge is 0.496 e. The molecule has 0 aliphatic heterocycles. The van der Waals surface area contributed by atoms with Crippen molar-refractivity contribution >= 4 is 11.6 Å². The lowest BCUT2D eigenvalue weighted by Crippen LogP contribution is -2.39. The molecular formula is C17H26ClNO. The van der Waals surface area contributed by atoms with Crippen LogP contribution in [0.4, 0.5) is 0 Å². The van der Waals surface area contributed by atoms with Crippen molar-refractivity contribution in [2.75, 3.05) is 13.7 Å². The number of hydrogen-bond donors (Lipinski definition) is 1. The average molecular weight is 296 g/mol. The number of methoxy groups -OCH3 is 1. The van der Waals surface area contributed by atoms with Crippen LogP contribution in [0.15, 0.2) is 18.2 Å². The first-order chi connectivity index (χ1) is 9.74. The molecule has 20 heavy (non-hydrogen) atoms. The van der Waals surface area contributed by atoms with E-state index in [-0.39, 0.29) is 0 Å². The Morgan fingerprint density at radius 3 is 2.85 bits per heavy atom. The molecule has 1 aromatic carbocycles. The molecule has 3 heteroatoms. The van der Waals surface area contributed by atoms with Gasteiger partial charge in [0.2, 0.25) is 0 Å². The molecule has 0 heterocycles. The molecular weight excluding hydrogens is 270 g/mol. The van der Waals surface area contributed by atoms with Gasteiger partial charge >= 0.3 is 0 Å². The van der Waals surface area contributed by atoms with Crippen LogP contribution in [0, 0.1) is 5.92 Å². The molecule has 1 aliphatic carbocycles. The average Bonchev–Trinajstić information content (AvgIpc) is 2.47. The van der Waals surface area contributed by atoms with Crippen molar-refractivity contribution in [3.05, 3.63) is 28.8 Å². The van der Waals surface area contributed by atoms with Gasteiger partial charge in [-0.3, -0.25) is 0 Å². The molecule has 1 fully saturated rings. The highest BCUT2D eigenvalue weighted by atomic mass is 35.5. The minimum Gasteiger partial charge on any atom is -0.496 e. The fourth-order valence-corrected chi connectivity index (χ4v) is 3.43. The minimum absolute atomic E-state index is 0.646. The lowest BCUT2D eigenvalue weighted by molar-refractivity contribution is 0.259. The van der Waals surface area contributed by atoms with Crippen molar-refractivity contribution in [1.82, 2.24) is 5.32 Å². The number of hydrogen-bond acceptors (Lipinski definition) is 2. The summed E-state index contributed by atoms with van der Waals surface area (Å²) in [5.41, 5.74) is 1.25. The topological polar surface area (TPSA) is 21.3 Å². The van der Waals surface area contributed by atoms with Crippen LogP contribution >= 0.6 is 11.6 Å². The molecule has 2 nitrogen and oxygen atoms in total. The Morgan fingerprint density at radius 2 is 2.10 bits per heavy atom. The molecule has 1 aromatic rings.